The molecule has 0 aliphatic carbocycles. The molecule has 1 fully saturated rings. The van der Waals surface area contributed by atoms with Crippen LogP contribution in [0.5, 0.6) is 5.75 Å². The van der Waals surface area contributed by atoms with Crippen LogP contribution in [-0.2, 0) is 21.0 Å². The van der Waals surface area contributed by atoms with E-state index in [-0.39, 0.29) is 48.7 Å². The van der Waals surface area contributed by atoms with E-state index in [0.717, 1.165) is 40.7 Å². The highest BCUT2D eigenvalue weighted by Gasteiger charge is 2.41. The van der Waals surface area contributed by atoms with Crippen LogP contribution in [0.2, 0.25) is 0 Å². The molecule has 0 radical (unpaired) electrons. The first-order valence-electron chi connectivity index (χ1n) is 12.9. The van der Waals surface area contributed by atoms with E-state index in [2.05, 4.69) is 9.72 Å². The Bertz CT molecular complexity index is 1640. The Balaban J connectivity index is 1.60. The number of piperazine rings is 1. The number of halogens is 6. The van der Waals surface area contributed by atoms with Crippen molar-refractivity contribution in [2.75, 3.05) is 41.9 Å². The number of benzene rings is 2. The summed E-state index contributed by atoms with van der Waals surface area (Å²) in [5.41, 5.74) is -0.989. The van der Waals surface area contributed by atoms with Gasteiger partial charge in [-0.2, -0.15) is 22.0 Å². The number of carboxylic acid groups (broad SMARTS) is 1. The van der Waals surface area contributed by atoms with E-state index in [1.165, 1.54) is 12.3 Å². The zero-order chi connectivity index (χ0) is 31.1. The Morgan fingerprint density at radius 1 is 1.07 bits per heavy atom. The number of carbonyl (C=O) groups is 1. The van der Waals surface area contributed by atoms with E-state index in [1.54, 1.807) is 0 Å². The van der Waals surface area contributed by atoms with E-state index in [0.29, 0.717) is 19.2 Å². The number of rotatable bonds is 8. The minimum atomic E-state index is -4.81. The molecule has 43 heavy (non-hydrogen) atoms. The number of ether oxygens (including phenoxy) is 1. The maximum atomic E-state index is 14.3. The van der Waals surface area contributed by atoms with Gasteiger partial charge in [0.05, 0.1) is 35.2 Å². The van der Waals surface area contributed by atoms with Gasteiger partial charge in [0, 0.05) is 44.0 Å². The van der Waals surface area contributed by atoms with E-state index in [1.807, 2.05) is 9.80 Å². The first-order valence-corrected chi connectivity index (χ1v) is 14.3. The average molecular weight is 631 g/mol. The molecule has 1 saturated heterocycles. The lowest BCUT2D eigenvalue weighted by Crippen LogP contribution is -2.61. The second-order valence-corrected chi connectivity index (χ2v) is 11.8. The summed E-state index contributed by atoms with van der Waals surface area (Å²) in [5.74, 6) is -2.20. The van der Waals surface area contributed by atoms with Crippen LogP contribution in [0.15, 0.2) is 59.6 Å². The molecular weight excluding hydrogens is 606 g/mol. The molecule has 1 atom stereocenters. The number of hydrogen-bond donors (Lipinski definition) is 1. The third kappa shape index (κ3) is 6.49. The van der Waals surface area contributed by atoms with Crippen LogP contribution < -0.4 is 13.9 Å². The van der Waals surface area contributed by atoms with Gasteiger partial charge in [-0.1, -0.05) is 6.07 Å². The van der Waals surface area contributed by atoms with Gasteiger partial charge < -0.3 is 14.7 Å². The second kappa shape index (κ2) is 11.6. The number of aliphatic carboxylic acids is 1. The number of nitrogens with zero attached hydrogens (tertiary/aromatic N) is 4. The second-order valence-electron chi connectivity index (χ2n) is 9.97. The molecule has 2 aromatic carbocycles. The van der Waals surface area contributed by atoms with Crippen LogP contribution in [-0.4, -0.2) is 74.8 Å². The summed E-state index contributed by atoms with van der Waals surface area (Å²) in [6.45, 7) is -2.21. The van der Waals surface area contributed by atoms with Crippen molar-refractivity contribution in [2.45, 2.75) is 30.1 Å². The summed E-state index contributed by atoms with van der Waals surface area (Å²) in [7, 11) is -4.63. The number of pyridine rings is 1. The maximum absolute atomic E-state index is 14.3. The minimum absolute atomic E-state index is 0.00858. The quantitative estimate of drug-likeness (QED) is 0.358. The molecule has 1 aromatic heterocycles. The van der Waals surface area contributed by atoms with E-state index in [9.17, 15) is 39.6 Å². The fourth-order valence-corrected chi connectivity index (χ4v) is 6.74. The van der Waals surface area contributed by atoms with Crippen molar-refractivity contribution in [1.29, 1.82) is 0 Å². The molecule has 0 bridgehead atoms. The normalized spacial score (nSPS) is 17.5. The Hall–Kier alpha value is -4.05. The number of anilines is 2. The summed E-state index contributed by atoms with van der Waals surface area (Å²) >= 11 is 0. The third-order valence-electron chi connectivity index (χ3n) is 7.15. The van der Waals surface area contributed by atoms with Crippen molar-refractivity contribution >= 4 is 27.5 Å². The van der Waals surface area contributed by atoms with E-state index < -0.39 is 56.8 Å². The Labute approximate surface area is 242 Å². The topological polar surface area (TPSA) is 103 Å². The molecule has 2 aliphatic rings. The number of alkyl halides is 5. The van der Waals surface area contributed by atoms with Crippen LogP contribution in [0.4, 0.5) is 37.8 Å². The lowest BCUT2D eigenvalue weighted by molar-refractivity contribution is -0.138. The van der Waals surface area contributed by atoms with Gasteiger partial charge >= 0.3 is 18.8 Å². The van der Waals surface area contributed by atoms with Gasteiger partial charge in [0.15, 0.2) is 5.82 Å². The molecule has 0 saturated carbocycles. The summed E-state index contributed by atoms with van der Waals surface area (Å²) in [6.07, 6.45) is -3.64. The average Bonchev–Trinajstić information content (AvgIpc) is 2.94. The summed E-state index contributed by atoms with van der Waals surface area (Å²) in [6, 6.07) is 6.99. The van der Waals surface area contributed by atoms with Gasteiger partial charge in [0.25, 0.3) is 10.0 Å². The summed E-state index contributed by atoms with van der Waals surface area (Å²) in [5, 5.41) is 9.08. The number of hydrogen-bond acceptors (Lipinski definition) is 7. The van der Waals surface area contributed by atoms with Gasteiger partial charge in [-0.15, -0.1) is 0 Å². The number of aromatic nitrogens is 1. The summed E-state index contributed by atoms with van der Waals surface area (Å²) < 4.78 is 113. The molecule has 1 N–H and O–H groups in total. The zero-order valence-electron chi connectivity index (χ0n) is 22.1. The fraction of sp³-hybridized carbons (Fsp3) is 0.333. The minimum Gasteiger partial charge on any atom is -0.481 e. The molecule has 0 spiro atoms. The third-order valence-corrected chi connectivity index (χ3v) is 8.93. The lowest BCUT2D eigenvalue weighted by atomic mass is 10.0. The fourth-order valence-electron chi connectivity index (χ4n) is 5.20. The monoisotopic (exact) mass is 630 g/mol. The van der Waals surface area contributed by atoms with Crippen molar-refractivity contribution in [3.63, 3.8) is 0 Å². The first kappa shape index (κ1) is 30.4. The van der Waals surface area contributed by atoms with Gasteiger partial charge in [0.1, 0.15) is 11.6 Å². The molecule has 16 heteroatoms. The van der Waals surface area contributed by atoms with Crippen molar-refractivity contribution in [2.24, 2.45) is 0 Å². The predicted molar refractivity (Wildman–Crippen MR) is 142 cm³/mol. The van der Waals surface area contributed by atoms with Crippen molar-refractivity contribution in [1.82, 2.24) is 9.88 Å². The molecule has 1 unspecified atom stereocenters. The highest BCUT2D eigenvalue weighted by Crippen LogP contribution is 2.41. The van der Waals surface area contributed by atoms with E-state index in [4.69, 9.17) is 5.11 Å². The summed E-state index contributed by atoms with van der Waals surface area (Å²) in [4.78, 5) is 18.6. The smallest absolute Gasteiger partial charge is 0.416 e. The number of sulfonamides is 1. The molecule has 0 amide bonds. The van der Waals surface area contributed by atoms with Gasteiger partial charge in [-0.3, -0.25) is 14.0 Å². The largest absolute Gasteiger partial charge is 0.481 e. The van der Waals surface area contributed by atoms with Crippen LogP contribution >= 0.6 is 0 Å². The first-order chi connectivity index (χ1) is 20.2. The highest BCUT2D eigenvalue weighted by molar-refractivity contribution is 7.92. The van der Waals surface area contributed by atoms with Crippen LogP contribution in [0, 0.1) is 5.82 Å². The van der Waals surface area contributed by atoms with Gasteiger partial charge in [-0.25, -0.2) is 17.8 Å². The molecular formula is C27H24F6N4O5S. The molecule has 3 aromatic rings. The highest BCUT2D eigenvalue weighted by atomic mass is 32.2. The zero-order valence-corrected chi connectivity index (χ0v) is 23.0. The van der Waals surface area contributed by atoms with Crippen molar-refractivity contribution in [3.8, 4) is 16.9 Å². The Morgan fingerprint density at radius 2 is 1.84 bits per heavy atom. The van der Waals surface area contributed by atoms with Gasteiger partial charge in [0.2, 0.25) is 0 Å². The predicted octanol–water partition coefficient (Wildman–Crippen LogP) is 4.68. The van der Waals surface area contributed by atoms with E-state index >= 15 is 0 Å². The SMILES string of the molecule is O=C(O)CCN1CCN2c3ncc(-c4cc(F)cc(OC(F)F)c4)cc3N(S(=O)(=O)c3cccc(C(F)(F)F)c3)CC2C1. The maximum Gasteiger partial charge on any atom is 0.416 e. The van der Waals surface area contributed by atoms with Crippen LogP contribution in [0.3, 0.4) is 0 Å². The molecule has 3 heterocycles. The Kier molecular flexibility index (Phi) is 8.17. The standard InChI is InChI=1S/C27H24F6N4O5S/c28-19-8-16(9-21(12-19)42-26(29)30)17-10-23-25(34-13-17)36-7-6-35(5-4-24(38)39)14-20(36)15-37(23)43(40,41)22-3-1-2-18(11-22)27(31,32)33/h1-3,8-13,20,26H,4-7,14-15H2,(H,38,39). The molecule has 2 aliphatic heterocycles. The Morgan fingerprint density at radius 3 is 2.53 bits per heavy atom. The van der Waals surface area contributed by atoms with Crippen molar-refractivity contribution in [3.05, 3.63) is 66.1 Å². The lowest BCUT2D eigenvalue weighted by Gasteiger charge is -2.48. The molecule has 9 nitrogen and oxygen atoms in total. The van der Waals surface area contributed by atoms with Crippen LogP contribution in [0.1, 0.15) is 12.0 Å². The number of carboxylic acids is 1. The number of fused-ring (bicyclic) bond motifs is 3. The van der Waals surface area contributed by atoms with Crippen molar-refractivity contribution < 1.29 is 49.4 Å². The molecule has 230 valence electrons. The van der Waals surface area contributed by atoms with Gasteiger partial charge in [-0.05, 0) is 42.0 Å². The van der Waals surface area contributed by atoms with Crippen LogP contribution in [0.25, 0.3) is 11.1 Å². The molecule has 5 rings (SSSR count).